The van der Waals surface area contributed by atoms with Gasteiger partial charge in [0, 0.05) is 18.8 Å². The zero-order chi connectivity index (χ0) is 11.3. The number of nitrogens with two attached hydrogens (primary N) is 1. The number of aryl methyl sites for hydroxylation is 1. The summed E-state index contributed by atoms with van der Waals surface area (Å²) in [7, 11) is 4.13. The summed E-state index contributed by atoms with van der Waals surface area (Å²) < 4.78 is 2.01. The monoisotopic (exact) mass is 210 g/mol. The molecule has 0 amide bonds. The highest BCUT2D eigenvalue weighted by molar-refractivity contribution is 5.06. The molecule has 4 nitrogen and oxygen atoms in total. The van der Waals surface area contributed by atoms with Crippen LogP contribution in [0.25, 0.3) is 0 Å². The summed E-state index contributed by atoms with van der Waals surface area (Å²) in [5.41, 5.74) is 7.28. The fourth-order valence-electron chi connectivity index (χ4n) is 1.60. The van der Waals surface area contributed by atoms with E-state index >= 15 is 0 Å². The molecule has 4 heteroatoms. The zero-order valence-electron chi connectivity index (χ0n) is 9.98. The first kappa shape index (κ1) is 12.2. The van der Waals surface area contributed by atoms with E-state index in [1.165, 1.54) is 0 Å². The fourth-order valence-corrected chi connectivity index (χ4v) is 1.60. The number of rotatable bonds is 6. The lowest BCUT2D eigenvalue weighted by Crippen LogP contribution is -2.22. The molecule has 0 bridgehead atoms. The summed E-state index contributed by atoms with van der Waals surface area (Å²) >= 11 is 0. The second kappa shape index (κ2) is 5.88. The minimum atomic E-state index is 0.0986. The van der Waals surface area contributed by atoms with Gasteiger partial charge in [-0.2, -0.15) is 5.10 Å². The van der Waals surface area contributed by atoms with Crippen LogP contribution in [0.4, 0.5) is 0 Å². The van der Waals surface area contributed by atoms with Gasteiger partial charge in [-0.3, -0.25) is 4.68 Å². The summed E-state index contributed by atoms with van der Waals surface area (Å²) in [5.74, 6) is 0. The van der Waals surface area contributed by atoms with Crippen LogP contribution in [0.3, 0.4) is 0 Å². The number of hydrogen-bond acceptors (Lipinski definition) is 3. The van der Waals surface area contributed by atoms with Crippen LogP contribution in [0.2, 0.25) is 0 Å². The average Bonchev–Trinajstić information content (AvgIpc) is 2.63. The molecule has 0 saturated carbocycles. The molecule has 0 spiro atoms. The van der Waals surface area contributed by atoms with E-state index in [0.717, 1.165) is 31.6 Å². The standard InChI is InChI=1S/C11H22N4/c1-4-8-15-11(5-7-13-15)10(12)6-9-14(2)3/h5,7,10H,4,6,8-9,12H2,1-3H3. The first-order valence-corrected chi connectivity index (χ1v) is 5.57. The topological polar surface area (TPSA) is 47.1 Å². The molecule has 15 heavy (non-hydrogen) atoms. The first-order chi connectivity index (χ1) is 7.15. The van der Waals surface area contributed by atoms with Crippen LogP contribution in [0.15, 0.2) is 12.3 Å². The lowest BCUT2D eigenvalue weighted by Gasteiger charge is -2.16. The lowest BCUT2D eigenvalue weighted by molar-refractivity contribution is 0.376. The molecule has 1 aromatic rings. The molecule has 0 aromatic carbocycles. The van der Waals surface area contributed by atoms with Crippen LogP contribution in [0, 0.1) is 0 Å². The van der Waals surface area contributed by atoms with E-state index in [1.54, 1.807) is 0 Å². The van der Waals surface area contributed by atoms with Gasteiger partial charge < -0.3 is 10.6 Å². The third-order valence-corrected chi connectivity index (χ3v) is 2.45. The Balaban J connectivity index is 2.56. The maximum absolute atomic E-state index is 6.13. The maximum atomic E-state index is 6.13. The van der Waals surface area contributed by atoms with Gasteiger partial charge in [-0.05, 0) is 39.5 Å². The van der Waals surface area contributed by atoms with E-state index in [9.17, 15) is 0 Å². The van der Waals surface area contributed by atoms with E-state index in [-0.39, 0.29) is 6.04 Å². The third-order valence-electron chi connectivity index (χ3n) is 2.45. The summed E-state index contributed by atoms with van der Waals surface area (Å²) in [5, 5.41) is 4.28. The molecule has 86 valence electrons. The van der Waals surface area contributed by atoms with E-state index in [1.807, 2.05) is 16.9 Å². The van der Waals surface area contributed by atoms with Crippen molar-refractivity contribution >= 4 is 0 Å². The van der Waals surface area contributed by atoms with Crippen LogP contribution >= 0.6 is 0 Å². The van der Waals surface area contributed by atoms with Gasteiger partial charge in [0.1, 0.15) is 0 Å². The van der Waals surface area contributed by atoms with Gasteiger partial charge in [0.2, 0.25) is 0 Å². The van der Waals surface area contributed by atoms with Crippen LogP contribution in [0.1, 0.15) is 31.5 Å². The third kappa shape index (κ3) is 3.64. The summed E-state index contributed by atoms with van der Waals surface area (Å²) in [6.45, 7) is 4.12. The van der Waals surface area contributed by atoms with Crippen molar-refractivity contribution in [2.24, 2.45) is 5.73 Å². The quantitative estimate of drug-likeness (QED) is 0.768. The van der Waals surface area contributed by atoms with E-state index in [4.69, 9.17) is 5.73 Å². The minimum Gasteiger partial charge on any atom is -0.323 e. The molecular weight excluding hydrogens is 188 g/mol. The molecule has 0 aliphatic rings. The fraction of sp³-hybridized carbons (Fsp3) is 0.727. The van der Waals surface area contributed by atoms with Crippen molar-refractivity contribution in [3.8, 4) is 0 Å². The molecule has 0 aliphatic carbocycles. The summed E-state index contributed by atoms with van der Waals surface area (Å²) in [6, 6.07) is 2.12. The summed E-state index contributed by atoms with van der Waals surface area (Å²) in [6.07, 6.45) is 3.90. The van der Waals surface area contributed by atoms with Crippen molar-refractivity contribution in [2.75, 3.05) is 20.6 Å². The van der Waals surface area contributed by atoms with Crippen LogP contribution < -0.4 is 5.73 Å². The normalized spacial score (nSPS) is 13.4. The Labute approximate surface area is 92.1 Å². The van der Waals surface area contributed by atoms with Gasteiger partial charge in [-0.15, -0.1) is 0 Å². The largest absolute Gasteiger partial charge is 0.323 e. The van der Waals surface area contributed by atoms with Crippen molar-refractivity contribution in [1.29, 1.82) is 0 Å². The van der Waals surface area contributed by atoms with Crippen molar-refractivity contribution in [2.45, 2.75) is 32.4 Å². The smallest absolute Gasteiger partial charge is 0.0551 e. The molecule has 0 radical (unpaired) electrons. The molecule has 0 aliphatic heterocycles. The maximum Gasteiger partial charge on any atom is 0.0551 e. The molecule has 1 heterocycles. The van der Waals surface area contributed by atoms with Crippen molar-refractivity contribution < 1.29 is 0 Å². The molecule has 0 fully saturated rings. The highest BCUT2D eigenvalue weighted by Crippen LogP contribution is 2.13. The molecule has 1 atom stereocenters. The van der Waals surface area contributed by atoms with Crippen LogP contribution in [0.5, 0.6) is 0 Å². The molecule has 2 N–H and O–H groups in total. The van der Waals surface area contributed by atoms with Crippen LogP contribution in [-0.4, -0.2) is 35.3 Å². The molecular formula is C11H22N4. The van der Waals surface area contributed by atoms with Gasteiger partial charge >= 0.3 is 0 Å². The molecule has 1 rings (SSSR count). The van der Waals surface area contributed by atoms with Gasteiger partial charge in [0.25, 0.3) is 0 Å². The Morgan fingerprint density at radius 3 is 2.87 bits per heavy atom. The van der Waals surface area contributed by atoms with E-state index in [2.05, 4.69) is 31.0 Å². The minimum absolute atomic E-state index is 0.0986. The average molecular weight is 210 g/mol. The van der Waals surface area contributed by atoms with Gasteiger partial charge in [-0.25, -0.2) is 0 Å². The number of nitrogens with zero attached hydrogens (tertiary/aromatic N) is 3. The molecule has 1 aromatic heterocycles. The van der Waals surface area contributed by atoms with Gasteiger partial charge in [0.15, 0.2) is 0 Å². The van der Waals surface area contributed by atoms with Gasteiger partial charge in [0.05, 0.1) is 5.69 Å². The predicted molar refractivity (Wildman–Crippen MR) is 62.6 cm³/mol. The Kier molecular flexibility index (Phi) is 4.78. The number of hydrogen-bond donors (Lipinski definition) is 1. The summed E-state index contributed by atoms with van der Waals surface area (Å²) in [4.78, 5) is 2.15. The van der Waals surface area contributed by atoms with Crippen molar-refractivity contribution in [3.05, 3.63) is 18.0 Å². The first-order valence-electron chi connectivity index (χ1n) is 5.57. The van der Waals surface area contributed by atoms with Crippen molar-refractivity contribution in [3.63, 3.8) is 0 Å². The lowest BCUT2D eigenvalue weighted by atomic mass is 10.1. The molecule has 1 unspecified atom stereocenters. The second-order valence-corrected chi connectivity index (χ2v) is 4.18. The van der Waals surface area contributed by atoms with Gasteiger partial charge in [-0.1, -0.05) is 6.92 Å². The predicted octanol–water partition coefficient (Wildman–Crippen LogP) is 1.24. The van der Waals surface area contributed by atoms with Crippen LogP contribution in [-0.2, 0) is 6.54 Å². The SMILES string of the molecule is CCCn1nccc1C(N)CCN(C)C. The Hall–Kier alpha value is -0.870. The Bertz CT molecular complexity index is 280. The number of aromatic nitrogens is 2. The highest BCUT2D eigenvalue weighted by Gasteiger charge is 2.11. The van der Waals surface area contributed by atoms with E-state index in [0.29, 0.717) is 0 Å². The Morgan fingerprint density at radius 1 is 1.53 bits per heavy atom. The Morgan fingerprint density at radius 2 is 2.27 bits per heavy atom. The second-order valence-electron chi connectivity index (χ2n) is 4.18. The highest BCUT2D eigenvalue weighted by atomic mass is 15.3. The molecule has 0 saturated heterocycles. The van der Waals surface area contributed by atoms with Crippen molar-refractivity contribution in [1.82, 2.24) is 14.7 Å². The van der Waals surface area contributed by atoms with E-state index < -0.39 is 0 Å². The zero-order valence-corrected chi connectivity index (χ0v) is 9.98.